The SMILES string of the molecule is Cc1ccc(S(=O)(=O)N(C)CC(=O)N(Cc2ccc(Cl)c(Cl)c2)C(Cc2ccccc2)C(=O)NC(C)(C)C)cc1. The maximum atomic E-state index is 13.9. The lowest BCUT2D eigenvalue weighted by Gasteiger charge is -2.34. The van der Waals surface area contributed by atoms with E-state index in [0.717, 1.165) is 15.4 Å². The highest BCUT2D eigenvalue weighted by molar-refractivity contribution is 7.89. The van der Waals surface area contributed by atoms with Gasteiger partial charge in [0.2, 0.25) is 21.8 Å². The zero-order valence-corrected chi connectivity index (χ0v) is 25.6. The maximum absolute atomic E-state index is 13.9. The van der Waals surface area contributed by atoms with Gasteiger partial charge in [0.15, 0.2) is 0 Å². The average molecular weight is 605 g/mol. The third-order valence-corrected chi connectivity index (χ3v) is 8.75. The van der Waals surface area contributed by atoms with Crippen LogP contribution in [0.5, 0.6) is 0 Å². The van der Waals surface area contributed by atoms with Crippen LogP contribution in [-0.4, -0.2) is 54.6 Å². The third kappa shape index (κ3) is 8.54. The summed E-state index contributed by atoms with van der Waals surface area (Å²) in [5.74, 6) is -0.886. The maximum Gasteiger partial charge on any atom is 0.243 e. The normalized spacial score (nSPS) is 12.7. The monoisotopic (exact) mass is 603 g/mol. The fourth-order valence-electron chi connectivity index (χ4n) is 4.10. The molecular formula is C30H35Cl2N3O4S. The molecule has 0 aromatic heterocycles. The quantitative estimate of drug-likeness (QED) is 0.332. The number of sulfonamides is 1. The fourth-order valence-corrected chi connectivity index (χ4v) is 5.54. The number of likely N-dealkylation sites (N-methyl/N-ethyl adjacent to an activating group) is 1. The van der Waals surface area contributed by atoms with Crippen LogP contribution < -0.4 is 5.32 Å². The van der Waals surface area contributed by atoms with Gasteiger partial charge in [-0.25, -0.2) is 8.42 Å². The Bertz CT molecular complexity index is 1440. The highest BCUT2D eigenvalue weighted by Gasteiger charge is 2.34. The van der Waals surface area contributed by atoms with Gasteiger partial charge in [-0.05, 0) is 63.1 Å². The van der Waals surface area contributed by atoms with Crippen LogP contribution in [0.25, 0.3) is 0 Å². The van der Waals surface area contributed by atoms with Crippen LogP contribution in [0.1, 0.15) is 37.5 Å². The zero-order chi connectivity index (χ0) is 29.7. The van der Waals surface area contributed by atoms with Crippen molar-refractivity contribution in [3.05, 3.63) is 99.5 Å². The van der Waals surface area contributed by atoms with Crippen LogP contribution in [0.15, 0.2) is 77.7 Å². The van der Waals surface area contributed by atoms with E-state index in [-0.39, 0.29) is 23.8 Å². The van der Waals surface area contributed by atoms with Gasteiger partial charge in [0.25, 0.3) is 0 Å². The number of nitrogens with one attached hydrogen (secondary N) is 1. The van der Waals surface area contributed by atoms with E-state index in [4.69, 9.17) is 23.2 Å². The van der Waals surface area contributed by atoms with Crippen molar-refractivity contribution in [2.75, 3.05) is 13.6 Å². The first-order valence-corrected chi connectivity index (χ1v) is 15.0. The second kappa shape index (κ2) is 13.2. The standard InChI is InChI=1S/C30H35Cl2N3O4S/c1-21-11-14-24(15-12-21)40(38,39)34(5)20-28(36)35(19-23-13-16-25(31)26(32)17-23)27(29(37)33-30(2,3)4)18-22-9-7-6-8-10-22/h6-17,27H,18-20H2,1-5H3,(H,33,37). The van der Waals surface area contributed by atoms with Crippen molar-refractivity contribution in [3.8, 4) is 0 Å². The molecule has 7 nitrogen and oxygen atoms in total. The number of rotatable bonds is 10. The highest BCUT2D eigenvalue weighted by Crippen LogP contribution is 2.25. The summed E-state index contributed by atoms with van der Waals surface area (Å²) in [6.07, 6.45) is 0.226. The first-order valence-electron chi connectivity index (χ1n) is 12.8. The van der Waals surface area contributed by atoms with E-state index in [2.05, 4.69) is 5.32 Å². The number of aryl methyl sites for hydroxylation is 1. The van der Waals surface area contributed by atoms with Crippen LogP contribution >= 0.6 is 23.2 Å². The molecule has 2 amide bonds. The molecule has 1 unspecified atom stereocenters. The van der Waals surface area contributed by atoms with Gasteiger partial charge in [-0.2, -0.15) is 4.31 Å². The molecule has 40 heavy (non-hydrogen) atoms. The van der Waals surface area contributed by atoms with Crippen LogP contribution in [0.3, 0.4) is 0 Å². The molecule has 0 saturated heterocycles. The molecule has 0 heterocycles. The molecule has 0 aliphatic carbocycles. The lowest BCUT2D eigenvalue weighted by molar-refractivity contribution is -0.141. The minimum absolute atomic E-state index is 0.0171. The van der Waals surface area contributed by atoms with E-state index in [9.17, 15) is 18.0 Å². The van der Waals surface area contributed by atoms with Crippen molar-refractivity contribution < 1.29 is 18.0 Å². The fraction of sp³-hybridized carbons (Fsp3) is 0.333. The van der Waals surface area contributed by atoms with Gasteiger partial charge < -0.3 is 10.2 Å². The number of amides is 2. The van der Waals surface area contributed by atoms with E-state index >= 15 is 0 Å². The van der Waals surface area contributed by atoms with Crippen molar-refractivity contribution in [2.24, 2.45) is 0 Å². The second-order valence-electron chi connectivity index (χ2n) is 10.8. The Labute approximate surface area is 247 Å². The molecule has 10 heteroatoms. The highest BCUT2D eigenvalue weighted by atomic mass is 35.5. The number of nitrogens with zero attached hydrogens (tertiary/aromatic N) is 2. The van der Waals surface area contributed by atoms with Crippen molar-refractivity contribution in [2.45, 2.75) is 57.1 Å². The summed E-state index contributed by atoms with van der Waals surface area (Å²) in [5.41, 5.74) is 1.85. The lowest BCUT2D eigenvalue weighted by Crippen LogP contribution is -2.56. The minimum atomic E-state index is -3.96. The molecule has 0 spiro atoms. The molecule has 0 radical (unpaired) electrons. The summed E-state index contributed by atoms with van der Waals surface area (Å²) in [7, 11) is -2.60. The molecule has 0 bridgehead atoms. The van der Waals surface area contributed by atoms with Crippen molar-refractivity contribution in [3.63, 3.8) is 0 Å². The van der Waals surface area contributed by atoms with E-state index in [0.29, 0.717) is 15.6 Å². The summed E-state index contributed by atoms with van der Waals surface area (Å²) in [4.78, 5) is 29.1. The molecule has 3 rings (SSSR count). The summed E-state index contributed by atoms with van der Waals surface area (Å²) >= 11 is 12.4. The van der Waals surface area contributed by atoms with Crippen LogP contribution in [0.4, 0.5) is 0 Å². The minimum Gasteiger partial charge on any atom is -0.350 e. The van der Waals surface area contributed by atoms with Gasteiger partial charge in [0.05, 0.1) is 21.5 Å². The van der Waals surface area contributed by atoms with Gasteiger partial charge in [0, 0.05) is 25.6 Å². The summed E-state index contributed by atoms with van der Waals surface area (Å²) in [5, 5.41) is 3.65. The van der Waals surface area contributed by atoms with E-state index in [1.54, 1.807) is 30.3 Å². The van der Waals surface area contributed by atoms with Crippen molar-refractivity contribution in [1.82, 2.24) is 14.5 Å². The molecule has 0 aliphatic rings. The van der Waals surface area contributed by atoms with Crippen LogP contribution in [-0.2, 0) is 32.6 Å². The van der Waals surface area contributed by atoms with E-state index < -0.39 is 34.1 Å². The van der Waals surface area contributed by atoms with Gasteiger partial charge in [0.1, 0.15) is 6.04 Å². The van der Waals surface area contributed by atoms with Gasteiger partial charge >= 0.3 is 0 Å². The Hall–Kier alpha value is -2.91. The third-order valence-electron chi connectivity index (χ3n) is 6.19. The Morgan fingerprint density at radius 3 is 2.10 bits per heavy atom. The first-order chi connectivity index (χ1) is 18.7. The number of halogens is 2. The van der Waals surface area contributed by atoms with Gasteiger partial charge in [-0.15, -0.1) is 0 Å². The Morgan fingerprint density at radius 2 is 1.52 bits per heavy atom. The molecular weight excluding hydrogens is 569 g/mol. The molecule has 3 aromatic carbocycles. The number of hydrogen-bond acceptors (Lipinski definition) is 4. The number of carbonyl (C=O) groups is 2. The summed E-state index contributed by atoms with van der Waals surface area (Å²) < 4.78 is 27.5. The Balaban J connectivity index is 2.01. The zero-order valence-electron chi connectivity index (χ0n) is 23.3. The predicted molar refractivity (Wildman–Crippen MR) is 160 cm³/mol. The largest absolute Gasteiger partial charge is 0.350 e. The number of carbonyl (C=O) groups excluding carboxylic acids is 2. The molecule has 0 saturated carbocycles. The summed E-state index contributed by atoms with van der Waals surface area (Å²) in [6.45, 7) is 6.99. The molecule has 0 aliphatic heterocycles. The van der Waals surface area contributed by atoms with E-state index in [1.165, 1.54) is 24.1 Å². The Morgan fingerprint density at radius 1 is 0.900 bits per heavy atom. The van der Waals surface area contributed by atoms with Crippen molar-refractivity contribution in [1.29, 1.82) is 0 Å². The van der Waals surface area contributed by atoms with E-state index in [1.807, 2.05) is 58.0 Å². The number of hydrogen-bond donors (Lipinski definition) is 1. The Kier molecular flexibility index (Phi) is 10.4. The number of benzene rings is 3. The first kappa shape index (κ1) is 31.6. The average Bonchev–Trinajstić information content (AvgIpc) is 2.88. The summed E-state index contributed by atoms with van der Waals surface area (Å²) in [6, 6.07) is 19.8. The predicted octanol–water partition coefficient (Wildman–Crippen LogP) is 5.48. The van der Waals surface area contributed by atoms with Gasteiger partial charge in [-0.1, -0.05) is 77.3 Å². The van der Waals surface area contributed by atoms with Crippen LogP contribution in [0, 0.1) is 6.92 Å². The molecule has 1 N–H and O–H groups in total. The van der Waals surface area contributed by atoms with Gasteiger partial charge in [-0.3, -0.25) is 9.59 Å². The molecule has 1 atom stereocenters. The molecule has 0 fully saturated rings. The lowest BCUT2D eigenvalue weighted by atomic mass is 10.0. The topological polar surface area (TPSA) is 86.8 Å². The van der Waals surface area contributed by atoms with Crippen molar-refractivity contribution >= 4 is 45.0 Å². The van der Waals surface area contributed by atoms with Crippen LogP contribution in [0.2, 0.25) is 10.0 Å². The molecule has 214 valence electrons. The smallest absolute Gasteiger partial charge is 0.243 e. The second-order valence-corrected chi connectivity index (χ2v) is 13.6. The molecule has 3 aromatic rings.